The van der Waals surface area contributed by atoms with Gasteiger partial charge in [-0.2, -0.15) is 4.98 Å². The van der Waals surface area contributed by atoms with Crippen LogP contribution in [-0.4, -0.2) is 67.7 Å². The van der Waals surface area contributed by atoms with E-state index in [-0.39, 0.29) is 5.91 Å². The van der Waals surface area contributed by atoms with Gasteiger partial charge in [-0.05, 0) is 70.1 Å². The first-order chi connectivity index (χ1) is 15.6. The average molecular weight is 440 g/mol. The maximum Gasteiger partial charge on any atom is 0.260 e. The highest BCUT2D eigenvalue weighted by Crippen LogP contribution is 2.21. The zero-order chi connectivity index (χ0) is 22.8. The number of rotatable bonds is 11. The van der Waals surface area contributed by atoms with Crippen molar-refractivity contribution in [3.63, 3.8) is 0 Å². The van der Waals surface area contributed by atoms with Gasteiger partial charge in [0.05, 0.1) is 6.61 Å². The highest BCUT2D eigenvalue weighted by atomic mass is 16.5. The molecule has 32 heavy (non-hydrogen) atoms. The molecule has 7 nitrogen and oxygen atoms in total. The van der Waals surface area contributed by atoms with Gasteiger partial charge in [-0.1, -0.05) is 19.8 Å². The Morgan fingerprint density at radius 2 is 1.78 bits per heavy atom. The number of aromatic nitrogens is 2. The van der Waals surface area contributed by atoms with Crippen molar-refractivity contribution in [2.75, 3.05) is 56.7 Å². The van der Waals surface area contributed by atoms with Crippen LogP contribution >= 0.6 is 0 Å². The predicted molar refractivity (Wildman–Crippen MR) is 130 cm³/mol. The second kappa shape index (κ2) is 12.4. The molecule has 0 aliphatic carbocycles. The van der Waals surface area contributed by atoms with Crippen LogP contribution in [0, 0.1) is 0 Å². The van der Waals surface area contributed by atoms with E-state index < -0.39 is 0 Å². The summed E-state index contributed by atoms with van der Waals surface area (Å²) in [5, 5.41) is 0. The van der Waals surface area contributed by atoms with Crippen LogP contribution in [0.5, 0.6) is 5.75 Å². The summed E-state index contributed by atoms with van der Waals surface area (Å²) in [6, 6.07) is 9.33. The predicted octanol–water partition coefficient (Wildman–Crippen LogP) is 4.24. The zero-order valence-corrected chi connectivity index (χ0v) is 19.8. The van der Waals surface area contributed by atoms with Gasteiger partial charge in [0.2, 0.25) is 5.95 Å². The second-order valence-electron chi connectivity index (χ2n) is 8.60. The smallest absolute Gasteiger partial charge is 0.260 e. The largest absolute Gasteiger partial charge is 0.494 e. The van der Waals surface area contributed by atoms with Gasteiger partial charge in [-0.25, -0.2) is 4.98 Å². The third-order valence-electron chi connectivity index (χ3n) is 5.68. The van der Waals surface area contributed by atoms with Gasteiger partial charge in [-0.15, -0.1) is 0 Å². The van der Waals surface area contributed by atoms with E-state index in [4.69, 9.17) is 9.72 Å². The number of amides is 1. The highest BCUT2D eigenvalue weighted by molar-refractivity contribution is 6.05. The topological polar surface area (TPSA) is 61.8 Å². The Hall–Kier alpha value is -2.67. The van der Waals surface area contributed by atoms with Crippen LogP contribution in [0.1, 0.15) is 55.8 Å². The minimum Gasteiger partial charge on any atom is -0.494 e. The van der Waals surface area contributed by atoms with Crippen molar-refractivity contribution in [2.45, 2.75) is 45.4 Å². The van der Waals surface area contributed by atoms with Gasteiger partial charge >= 0.3 is 0 Å². The Balaban J connectivity index is 1.75. The van der Waals surface area contributed by atoms with Crippen LogP contribution < -0.4 is 14.5 Å². The van der Waals surface area contributed by atoms with E-state index in [1.165, 1.54) is 25.7 Å². The van der Waals surface area contributed by atoms with Crippen LogP contribution in [0.4, 0.5) is 11.8 Å². The van der Waals surface area contributed by atoms with Gasteiger partial charge in [-0.3, -0.25) is 9.69 Å². The number of ether oxygens (including phenoxy) is 1. The SMILES string of the molecule is CCCCCOc1ccc(C(=O)N(CCN(C)C)c2nccc(N3CCCCC3)n2)cc1. The Labute approximate surface area is 192 Å². The lowest BCUT2D eigenvalue weighted by molar-refractivity contribution is 0.0983. The molecule has 0 bridgehead atoms. The van der Waals surface area contributed by atoms with Gasteiger partial charge < -0.3 is 14.5 Å². The molecule has 0 N–H and O–H groups in total. The average Bonchev–Trinajstić information content (AvgIpc) is 2.83. The number of benzene rings is 1. The number of carbonyl (C=O) groups is 1. The lowest BCUT2D eigenvalue weighted by Crippen LogP contribution is -2.38. The molecule has 0 radical (unpaired) electrons. The minimum atomic E-state index is -0.0971. The lowest BCUT2D eigenvalue weighted by Gasteiger charge is -2.29. The van der Waals surface area contributed by atoms with Gasteiger partial charge in [0, 0.05) is 37.9 Å². The molecule has 2 heterocycles. The molecule has 174 valence electrons. The molecule has 1 aromatic carbocycles. The number of hydrogen-bond acceptors (Lipinski definition) is 6. The van der Waals surface area contributed by atoms with Crippen molar-refractivity contribution >= 4 is 17.7 Å². The summed E-state index contributed by atoms with van der Waals surface area (Å²) in [6.07, 6.45) is 8.75. The summed E-state index contributed by atoms with van der Waals surface area (Å²) in [4.78, 5) is 28.7. The zero-order valence-electron chi connectivity index (χ0n) is 19.8. The third kappa shape index (κ3) is 6.92. The fourth-order valence-electron chi connectivity index (χ4n) is 3.75. The fourth-order valence-corrected chi connectivity index (χ4v) is 3.75. The summed E-state index contributed by atoms with van der Waals surface area (Å²) in [5.41, 5.74) is 0.608. The number of nitrogens with zero attached hydrogens (tertiary/aromatic N) is 5. The molecule has 1 saturated heterocycles. The maximum absolute atomic E-state index is 13.4. The van der Waals surface area contributed by atoms with E-state index in [9.17, 15) is 4.79 Å². The molecule has 0 unspecified atom stereocenters. The molecule has 1 fully saturated rings. The molecule has 0 atom stereocenters. The van der Waals surface area contributed by atoms with E-state index in [0.717, 1.165) is 44.0 Å². The monoisotopic (exact) mass is 439 g/mol. The van der Waals surface area contributed by atoms with Crippen molar-refractivity contribution in [1.29, 1.82) is 0 Å². The number of likely N-dealkylation sites (N-methyl/N-ethyl adjacent to an activating group) is 1. The minimum absolute atomic E-state index is 0.0971. The number of anilines is 2. The summed E-state index contributed by atoms with van der Waals surface area (Å²) in [6.45, 7) is 6.12. The van der Waals surface area contributed by atoms with E-state index in [1.807, 2.05) is 44.4 Å². The fraction of sp³-hybridized carbons (Fsp3) is 0.560. The van der Waals surface area contributed by atoms with Crippen molar-refractivity contribution in [3.8, 4) is 5.75 Å². The Kier molecular flexibility index (Phi) is 9.28. The second-order valence-corrected chi connectivity index (χ2v) is 8.60. The molecule has 1 aromatic heterocycles. The number of piperidine rings is 1. The van der Waals surface area contributed by atoms with E-state index in [0.29, 0.717) is 24.7 Å². The van der Waals surface area contributed by atoms with E-state index in [1.54, 1.807) is 11.1 Å². The van der Waals surface area contributed by atoms with Crippen molar-refractivity contribution in [2.24, 2.45) is 0 Å². The number of hydrogen-bond donors (Lipinski definition) is 0. The molecule has 1 aliphatic heterocycles. The first kappa shape index (κ1) is 24.0. The van der Waals surface area contributed by atoms with Crippen LogP contribution in [0.2, 0.25) is 0 Å². The Morgan fingerprint density at radius 3 is 2.47 bits per heavy atom. The van der Waals surface area contributed by atoms with Crippen molar-refractivity contribution in [3.05, 3.63) is 42.1 Å². The summed E-state index contributed by atoms with van der Waals surface area (Å²) < 4.78 is 5.79. The molecule has 1 amide bonds. The summed E-state index contributed by atoms with van der Waals surface area (Å²) in [7, 11) is 4.00. The molecule has 2 aromatic rings. The quantitative estimate of drug-likeness (QED) is 0.488. The molecule has 0 saturated carbocycles. The molecule has 0 spiro atoms. The van der Waals surface area contributed by atoms with Crippen LogP contribution in [0.3, 0.4) is 0 Å². The Morgan fingerprint density at radius 1 is 1.03 bits per heavy atom. The molecule has 1 aliphatic rings. The molecular formula is C25H37N5O2. The molecule has 3 rings (SSSR count). The maximum atomic E-state index is 13.4. The van der Waals surface area contributed by atoms with Crippen molar-refractivity contribution in [1.82, 2.24) is 14.9 Å². The summed E-state index contributed by atoms with van der Waals surface area (Å²) in [5.74, 6) is 2.05. The van der Waals surface area contributed by atoms with Gasteiger partial charge in [0.15, 0.2) is 0 Å². The van der Waals surface area contributed by atoms with E-state index in [2.05, 4.69) is 21.7 Å². The summed E-state index contributed by atoms with van der Waals surface area (Å²) >= 11 is 0. The Bertz CT molecular complexity index is 834. The first-order valence-electron chi connectivity index (χ1n) is 11.9. The van der Waals surface area contributed by atoms with E-state index >= 15 is 0 Å². The third-order valence-corrected chi connectivity index (χ3v) is 5.68. The van der Waals surface area contributed by atoms with Crippen molar-refractivity contribution < 1.29 is 9.53 Å². The van der Waals surface area contributed by atoms with Crippen LogP contribution in [-0.2, 0) is 0 Å². The van der Waals surface area contributed by atoms with Crippen LogP contribution in [0.25, 0.3) is 0 Å². The number of unbranched alkanes of at least 4 members (excludes halogenated alkanes) is 2. The molecular weight excluding hydrogens is 402 g/mol. The normalized spacial score (nSPS) is 13.9. The molecule has 7 heteroatoms. The lowest BCUT2D eigenvalue weighted by atomic mass is 10.1. The highest BCUT2D eigenvalue weighted by Gasteiger charge is 2.22. The van der Waals surface area contributed by atoms with Crippen LogP contribution in [0.15, 0.2) is 36.5 Å². The number of carbonyl (C=O) groups excluding carboxylic acids is 1. The first-order valence-corrected chi connectivity index (χ1v) is 11.9. The standard InChI is InChI=1S/C25H37N5O2/c1-4-5-9-20-32-22-12-10-21(11-13-22)24(31)30(19-18-28(2)3)25-26-15-14-23(27-25)29-16-7-6-8-17-29/h10-15H,4-9,16-20H2,1-3H3. The van der Waals surface area contributed by atoms with Gasteiger partial charge in [0.25, 0.3) is 5.91 Å². The van der Waals surface area contributed by atoms with Gasteiger partial charge in [0.1, 0.15) is 11.6 Å².